The minimum atomic E-state index is -0.856. The van der Waals surface area contributed by atoms with Gasteiger partial charge in [0.2, 0.25) is 0 Å². The molecule has 0 spiro atoms. The highest BCUT2D eigenvalue weighted by atomic mass is 31.1. The Kier molecular flexibility index (Phi) is 5.81. The molecule has 0 amide bonds. The summed E-state index contributed by atoms with van der Waals surface area (Å²) in [5.41, 5.74) is 1.57. The summed E-state index contributed by atoms with van der Waals surface area (Å²) < 4.78 is 0. The first-order valence-corrected chi connectivity index (χ1v) is 11.5. The number of hydrogen-bond acceptors (Lipinski definition) is 1. The molecule has 4 rings (SSSR count). The lowest BCUT2D eigenvalue weighted by atomic mass is 9.79. The summed E-state index contributed by atoms with van der Waals surface area (Å²) in [6.07, 6.45) is 5.43. The average molecular weight is 398 g/mol. The second-order valence-corrected chi connectivity index (χ2v) is 10.3. The van der Waals surface area contributed by atoms with Crippen molar-refractivity contribution < 1.29 is 5.11 Å². The topological polar surface area (TPSA) is 20.2 Å². The molecule has 3 aromatic carbocycles. The molecule has 0 heterocycles. The Balaban J connectivity index is 1.90. The van der Waals surface area contributed by atoms with Crippen LogP contribution in [0.25, 0.3) is 0 Å². The van der Waals surface area contributed by atoms with Crippen molar-refractivity contribution in [3.8, 4) is 0 Å². The van der Waals surface area contributed by atoms with Crippen LogP contribution in [0, 0.1) is 0 Å². The van der Waals surface area contributed by atoms with Crippen LogP contribution in [0.1, 0.15) is 31.7 Å². The Labute approximate surface area is 175 Å². The maximum Gasteiger partial charge on any atom is 0.0700 e. The molecule has 0 radical (unpaired) electrons. The Morgan fingerprint density at radius 3 is 1.72 bits per heavy atom. The molecule has 0 bridgehead atoms. The van der Waals surface area contributed by atoms with Crippen LogP contribution in [0.5, 0.6) is 0 Å². The number of aliphatic hydroxyl groups is 1. The van der Waals surface area contributed by atoms with Crippen molar-refractivity contribution in [1.82, 2.24) is 0 Å². The zero-order chi connectivity index (χ0) is 20.3. The van der Waals surface area contributed by atoms with Gasteiger partial charge >= 0.3 is 0 Å². The molecular weight excluding hydrogens is 371 g/mol. The summed E-state index contributed by atoms with van der Waals surface area (Å²) in [7, 11) is -0.655. The molecule has 1 nitrogen and oxygen atoms in total. The van der Waals surface area contributed by atoms with Gasteiger partial charge in [-0.15, -0.1) is 0 Å². The van der Waals surface area contributed by atoms with E-state index in [1.165, 1.54) is 21.5 Å². The van der Waals surface area contributed by atoms with Crippen molar-refractivity contribution in [2.75, 3.05) is 0 Å². The molecule has 1 aliphatic rings. The van der Waals surface area contributed by atoms with Crippen molar-refractivity contribution in [1.29, 1.82) is 0 Å². The van der Waals surface area contributed by atoms with Crippen LogP contribution in [0.2, 0.25) is 0 Å². The highest BCUT2D eigenvalue weighted by Crippen LogP contribution is 2.53. The quantitative estimate of drug-likeness (QED) is 0.514. The van der Waals surface area contributed by atoms with Crippen molar-refractivity contribution in [2.24, 2.45) is 0 Å². The summed E-state index contributed by atoms with van der Waals surface area (Å²) >= 11 is 0. The van der Waals surface area contributed by atoms with Gasteiger partial charge in [-0.25, -0.2) is 0 Å². The van der Waals surface area contributed by atoms with E-state index in [1.54, 1.807) is 0 Å². The summed E-state index contributed by atoms with van der Waals surface area (Å²) in [4.78, 5) is 0. The van der Waals surface area contributed by atoms with E-state index in [2.05, 4.69) is 97.1 Å². The molecule has 0 saturated carbocycles. The molecule has 146 valence electrons. The predicted molar refractivity (Wildman–Crippen MR) is 125 cm³/mol. The second kappa shape index (κ2) is 8.49. The fourth-order valence-corrected chi connectivity index (χ4v) is 6.83. The number of benzene rings is 3. The standard InChI is InChI=1S/C27H27OP/c1-27(2,28)26(21-13-6-3-7-14-21)24-19-12-20-25(24)29(22-15-8-4-9-16-22)23-17-10-5-11-18-23/h3-19,26,28H,20H2,1-2H3/t26-/m1/s1. The summed E-state index contributed by atoms with van der Waals surface area (Å²) in [6.45, 7) is 3.85. The molecule has 1 aliphatic carbocycles. The SMILES string of the molecule is CC(C)(O)[C@@H](C1=C(P(c2ccccc2)c2ccccc2)CC=C1)c1ccccc1. The molecule has 0 unspecified atom stereocenters. The lowest BCUT2D eigenvalue weighted by molar-refractivity contribution is 0.0625. The van der Waals surface area contributed by atoms with Crippen molar-refractivity contribution >= 4 is 18.5 Å². The molecule has 2 heteroatoms. The van der Waals surface area contributed by atoms with E-state index >= 15 is 0 Å². The van der Waals surface area contributed by atoms with Crippen LogP contribution in [0.4, 0.5) is 0 Å². The van der Waals surface area contributed by atoms with Crippen LogP contribution >= 0.6 is 7.92 Å². The van der Waals surface area contributed by atoms with Gasteiger partial charge in [0.25, 0.3) is 0 Å². The van der Waals surface area contributed by atoms with Gasteiger partial charge in [-0.05, 0) is 55.2 Å². The van der Waals surface area contributed by atoms with Gasteiger partial charge in [0.15, 0.2) is 0 Å². The molecule has 0 aliphatic heterocycles. The average Bonchev–Trinajstić information content (AvgIpc) is 3.18. The fourth-order valence-electron chi connectivity index (χ4n) is 4.22. The Morgan fingerprint density at radius 1 is 0.759 bits per heavy atom. The van der Waals surface area contributed by atoms with E-state index in [4.69, 9.17) is 0 Å². The van der Waals surface area contributed by atoms with E-state index in [1.807, 2.05) is 19.9 Å². The number of rotatable bonds is 6. The lowest BCUT2D eigenvalue weighted by Gasteiger charge is -2.33. The highest BCUT2D eigenvalue weighted by molar-refractivity contribution is 7.76. The van der Waals surface area contributed by atoms with E-state index in [-0.39, 0.29) is 5.92 Å². The van der Waals surface area contributed by atoms with Crippen LogP contribution in [0.15, 0.2) is 114 Å². The highest BCUT2D eigenvalue weighted by Gasteiger charge is 2.35. The normalized spacial score (nSPS) is 15.2. The van der Waals surface area contributed by atoms with E-state index in [0.717, 1.165) is 12.0 Å². The zero-order valence-electron chi connectivity index (χ0n) is 17.0. The number of hydrogen-bond donors (Lipinski definition) is 1. The summed E-state index contributed by atoms with van der Waals surface area (Å²) in [5.74, 6) is -0.0603. The van der Waals surface area contributed by atoms with Gasteiger partial charge in [0, 0.05) is 5.92 Å². The molecule has 0 saturated heterocycles. The summed E-state index contributed by atoms with van der Waals surface area (Å²) in [6, 6.07) is 32.0. The van der Waals surface area contributed by atoms with E-state index in [0.29, 0.717) is 0 Å². The third-order valence-electron chi connectivity index (χ3n) is 5.39. The zero-order valence-corrected chi connectivity index (χ0v) is 17.9. The van der Waals surface area contributed by atoms with Crippen LogP contribution in [-0.2, 0) is 0 Å². The number of allylic oxidation sites excluding steroid dienone is 3. The lowest BCUT2D eigenvalue weighted by Crippen LogP contribution is -2.30. The molecule has 29 heavy (non-hydrogen) atoms. The first kappa shape index (κ1) is 19.8. The second-order valence-electron chi connectivity index (χ2n) is 8.01. The van der Waals surface area contributed by atoms with Gasteiger partial charge in [0.1, 0.15) is 0 Å². The van der Waals surface area contributed by atoms with Gasteiger partial charge in [0.05, 0.1) is 5.60 Å². The molecule has 3 aromatic rings. The smallest absolute Gasteiger partial charge is 0.0700 e. The monoisotopic (exact) mass is 398 g/mol. The van der Waals surface area contributed by atoms with E-state index in [9.17, 15) is 5.11 Å². The first-order valence-electron chi connectivity index (χ1n) is 10.1. The summed E-state index contributed by atoms with van der Waals surface area (Å²) in [5, 5.41) is 15.3. The molecule has 0 aromatic heterocycles. The Morgan fingerprint density at radius 2 is 1.24 bits per heavy atom. The van der Waals surface area contributed by atoms with Gasteiger partial charge in [-0.2, -0.15) is 0 Å². The molecular formula is C27H27OP. The largest absolute Gasteiger partial charge is 0.389 e. The maximum atomic E-state index is 11.2. The Hall–Kier alpha value is -2.47. The first-order chi connectivity index (χ1) is 14.1. The van der Waals surface area contributed by atoms with Crippen LogP contribution < -0.4 is 10.6 Å². The van der Waals surface area contributed by atoms with Gasteiger partial charge in [-0.1, -0.05) is 103 Å². The van der Waals surface area contributed by atoms with Crippen LogP contribution in [-0.4, -0.2) is 10.7 Å². The fraction of sp³-hybridized carbons (Fsp3) is 0.185. The maximum absolute atomic E-state index is 11.2. The van der Waals surface area contributed by atoms with Crippen molar-refractivity contribution in [2.45, 2.75) is 31.8 Å². The minimum absolute atomic E-state index is 0.0603. The van der Waals surface area contributed by atoms with Crippen molar-refractivity contribution in [3.63, 3.8) is 0 Å². The minimum Gasteiger partial charge on any atom is -0.389 e. The predicted octanol–water partition coefficient (Wildman–Crippen LogP) is 5.89. The van der Waals surface area contributed by atoms with Gasteiger partial charge in [-0.3, -0.25) is 0 Å². The third-order valence-corrected chi connectivity index (χ3v) is 8.00. The molecule has 0 fully saturated rings. The van der Waals surface area contributed by atoms with Crippen molar-refractivity contribution in [3.05, 3.63) is 120 Å². The Bertz CT molecular complexity index is 959. The van der Waals surface area contributed by atoms with Gasteiger partial charge < -0.3 is 5.11 Å². The molecule has 1 N–H and O–H groups in total. The van der Waals surface area contributed by atoms with Crippen LogP contribution in [0.3, 0.4) is 0 Å². The van der Waals surface area contributed by atoms with E-state index < -0.39 is 13.5 Å². The molecule has 1 atom stereocenters. The third kappa shape index (κ3) is 4.27.